The lowest BCUT2D eigenvalue weighted by Crippen LogP contribution is -2.15. The molecule has 0 spiro atoms. The lowest BCUT2D eigenvalue weighted by atomic mass is 10.3. The van der Waals surface area contributed by atoms with Crippen LogP contribution in [0.3, 0.4) is 0 Å². The third kappa shape index (κ3) is 2.43. The van der Waals surface area contributed by atoms with Crippen molar-refractivity contribution in [2.75, 3.05) is 20.3 Å². The Kier molecular flexibility index (Phi) is 3.08. The van der Waals surface area contributed by atoms with Crippen LogP contribution in [0.25, 0.3) is 0 Å². The number of ether oxygens (including phenoxy) is 2. The second kappa shape index (κ2) is 4.52. The van der Waals surface area contributed by atoms with Gasteiger partial charge in [-0.2, -0.15) is 8.42 Å². The Morgan fingerprint density at radius 3 is 2.65 bits per heavy atom. The lowest BCUT2D eigenvalue weighted by Gasteiger charge is -2.17. The molecule has 0 radical (unpaired) electrons. The number of benzene rings is 1. The van der Waals surface area contributed by atoms with E-state index in [4.69, 9.17) is 9.47 Å². The van der Waals surface area contributed by atoms with Gasteiger partial charge in [-0.1, -0.05) is 0 Å². The van der Waals surface area contributed by atoms with E-state index in [2.05, 4.69) is 14.5 Å². The van der Waals surface area contributed by atoms with E-state index in [9.17, 15) is 8.42 Å². The smallest absolute Gasteiger partial charge is 0.355 e. The summed E-state index contributed by atoms with van der Waals surface area (Å²) in [5.41, 5.74) is 0. The Morgan fingerprint density at radius 1 is 1.24 bits per heavy atom. The van der Waals surface area contributed by atoms with Crippen molar-refractivity contribution in [3.05, 3.63) is 18.2 Å². The summed E-state index contributed by atoms with van der Waals surface area (Å²) in [6, 6.07) is 4.27. The molecule has 1 heterocycles. The Hall–Kier alpha value is -1.92. The zero-order chi connectivity index (χ0) is 12.3. The fraction of sp³-hybridized carbons (Fsp3) is 0.333. The van der Waals surface area contributed by atoms with Crippen LogP contribution in [0.4, 0.5) is 0 Å². The molecule has 17 heavy (non-hydrogen) atoms. The molecule has 0 saturated heterocycles. The average molecular weight is 256 g/mol. The second-order valence-electron chi connectivity index (χ2n) is 3.15. The molecule has 0 N–H and O–H groups in total. The third-order valence-corrected chi connectivity index (χ3v) is 3.18. The van der Waals surface area contributed by atoms with Gasteiger partial charge in [0.25, 0.3) is 4.52 Å². The van der Waals surface area contributed by atoms with Gasteiger partial charge in [0.1, 0.15) is 25.4 Å². The zero-order valence-corrected chi connectivity index (χ0v) is 9.85. The van der Waals surface area contributed by atoms with Crippen molar-refractivity contribution in [1.29, 1.82) is 0 Å². The van der Waals surface area contributed by atoms with E-state index in [0.717, 1.165) is 0 Å². The number of hydrogen-bond donors (Lipinski definition) is 0. The predicted octanol–water partition coefficient (Wildman–Crippen LogP) is 0.748. The average Bonchev–Trinajstić information content (AvgIpc) is 2.36. The Bertz CT molecular complexity index is 590. The minimum absolute atomic E-state index is 0.00542. The van der Waals surface area contributed by atoms with E-state index < -0.39 is 10.0 Å². The molecule has 0 amide bonds. The van der Waals surface area contributed by atoms with Crippen LogP contribution in [0, 0.1) is 0 Å². The number of fused-ring (bicyclic) bond motifs is 1. The molecule has 0 fully saturated rings. The number of hydrogen-bond acceptors (Lipinski definition) is 5. The zero-order valence-electron chi connectivity index (χ0n) is 9.03. The van der Waals surface area contributed by atoms with Crippen molar-refractivity contribution < 1.29 is 17.9 Å². The van der Waals surface area contributed by atoms with Crippen LogP contribution in [0.5, 0.6) is 11.5 Å². The van der Waals surface area contributed by atoms with E-state index in [-0.39, 0.29) is 4.90 Å². The molecule has 2 rings (SSSR count). The predicted molar refractivity (Wildman–Crippen MR) is 57.5 cm³/mol. The molecular weight excluding hydrogens is 246 g/mol. The summed E-state index contributed by atoms with van der Waals surface area (Å²) >= 11 is 0. The van der Waals surface area contributed by atoms with Gasteiger partial charge in [0.2, 0.25) is 4.91 Å². The first-order valence-electron chi connectivity index (χ1n) is 4.79. The maximum Gasteiger partial charge on any atom is 0.355 e. The summed E-state index contributed by atoms with van der Waals surface area (Å²) in [5, 5.41) is 3.26. The van der Waals surface area contributed by atoms with Crippen LogP contribution in [-0.2, 0) is 10.0 Å². The monoisotopic (exact) mass is 256 g/mol. The molecule has 1 aliphatic heterocycles. The van der Waals surface area contributed by atoms with Crippen molar-refractivity contribution >= 4 is 10.0 Å². The normalized spacial score (nSPS) is 13.7. The topological polar surface area (TPSA) is 91.4 Å². The molecule has 90 valence electrons. The molecule has 8 heteroatoms. The van der Waals surface area contributed by atoms with Gasteiger partial charge in [0, 0.05) is 6.07 Å². The molecule has 1 aromatic rings. The Balaban J connectivity index is 2.44. The molecule has 0 aliphatic carbocycles. The molecule has 0 saturated carbocycles. The summed E-state index contributed by atoms with van der Waals surface area (Å²) in [4.78, 5) is 3.12. The first kappa shape index (κ1) is 11.6. The van der Waals surface area contributed by atoms with Gasteiger partial charge in [-0.25, -0.2) is 0 Å². The van der Waals surface area contributed by atoms with Gasteiger partial charge in [0.15, 0.2) is 11.5 Å². The minimum Gasteiger partial charge on any atom is -0.486 e. The van der Waals surface area contributed by atoms with Crippen LogP contribution in [0.1, 0.15) is 0 Å². The highest BCUT2D eigenvalue weighted by atomic mass is 32.2. The molecule has 7 nitrogen and oxygen atoms in total. The summed E-state index contributed by atoms with van der Waals surface area (Å²) in [7, 11) is -2.49. The summed E-state index contributed by atoms with van der Waals surface area (Å²) < 4.78 is 37.0. The van der Waals surface area contributed by atoms with Crippen molar-refractivity contribution in [2.24, 2.45) is 9.63 Å². The number of sulfonamides is 1. The molecule has 0 unspecified atom stereocenters. The van der Waals surface area contributed by atoms with Crippen LogP contribution in [0.2, 0.25) is 0 Å². The van der Waals surface area contributed by atoms with Gasteiger partial charge >= 0.3 is 10.0 Å². The van der Waals surface area contributed by atoms with E-state index >= 15 is 0 Å². The van der Waals surface area contributed by atoms with Crippen molar-refractivity contribution in [1.82, 2.24) is 4.91 Å². The maximum atomic E-state index is 11.7. The molecule has 0 atom stereocenters. The van der Waals surface area contributed by atoms with Crippen LogP contribution in [0.15, 0.2) is 32.7 Å². The Morgan fingerprint density at radius 2 is 1.94 bits per heavy atom. The fourth-order valence-corrected chi connectivity index (χ4v) is 2.08. The number of nitrogens with zero attached hydrogens (tertiary/aromatic N) is 3. The summed E-state index contributed by atoms with van der Waals surface area (Å²) in [6.07, 6.45) is 0. The maximum absolute atomic E-state index is 11.7. The summed E-state index contributed by atoms with van der Waals surface area (Å²) in [6.45, 7) is 0.843. The highest BCUT2D eigenvalue weighted by Crippen LogP contribution is 2.32. The van der Waals surface area contributed by atoms with Crippen molar-refractivity contribution in [2.45, 2.75) is 4.90 Å². The molecule has 1 aliphatic rings. The van der Waals surface area contributed by atoms with Crippen LogP contribution in [-0.4, -0.2) is 28.7 Å². The largest absolute Gasteiger partial charge is 0.486 e. The van der Waals surface area contributed by atoms with E-state index in [0.29, 0.717) is 24.7 Å². The third-order valence-electron chi connectivity index (χ3n) is 2.04. The number of rotatable bonds is 2. The first-order valence-corrected chi connectivity index (χ1v) is 6.23. The summed E-state index contributed by atoms with van der Waals surface area (Å²) in [5.74, 6) is 0.910. The highest BCUT2D eigenvalue weighted by Gasteiger charge is 2.22. The molecule has 0 aromatic heterocycles. The van der Waals surface area contributed by atoms with Crippen molar-refractivity contribution in [3.63, 3.8) is 0 Å². The second-order valence-corrected chi connectivity index (χ2v) is 4.74. The minimum atomic E-state index is -3.83. The van der Waals surface area contributed by atoms with Gasteiger partial charge in [-0.05, 0) is 12.1 Å². The Labute approximate surface area is 97.9 Å². The van der Waals surface area contributed by atoms with Gasteiger partial charge in [-0.15, -0.1) is 0 Å². The highest BCUT2D eigenvalue weighted by molar-refractivity contribution is 7.90. The van der Waals surface area contributed by atoms with Gasteiger partial charge in [0.05, 0.1) is 4.90 Å². The van der Waals surface area contributed by atoms with Gasteiger partial charge in [-0.3, -0.25) is 0 Å². The SMILES string of the molecule is CN=[N+]=NS(=O)(=O)c1ccc2c(c1)OCCO2. The first-order chi connectivity index (χ1) is 8.13. The molecule has 1 aromatic carbocycles. The van der Waals surface area contributed by atoms with Crippen molar-refractivity contribution in [3.8, 4) is 11.5 Å². The fourth-order valence-electron chi connectivity index (χ4n) is 1.32. The van der Waals surface area contributed by atoms with E-state index in [1.807, 2.05) is 0 Å². The van der Waals surface area contributed by atoms with E-state index in [1.165, 1.54) is 25.2 Å². The quantitative estimate of drug-likeness (QED) is 0.576. The molecular formula is C9H10N3O4S+. The van der Waals surface area contributed by atoms with Crippen LogP contribution < -0.4 is 14.4 Å². The molecule has 0 bridgehead atoms. The van der Waals surface area contributed by atoms with Crippen LogP contribution >= 0.6 is 0 Å². The van der Waals surface area contributed by atoms with E-state index in [1.54, 1.807) is 0 Å². The standard InChI is InChI=1S/C9H10N3O4S/c1-10-11-12-17(13,14)7-2-3-8-9(6-7)16-5-4-15-8/h2-3,6H,4-5H2,1H3/q+1. The van der Waals surface area contributed by atoms with Gasteiger partial charge < -0.3 is 9.47 Å². The lowest BCUT2D eigenvalue weighted by molar-refractivity contribution is 0.171.